The maximum atomic E-state index is 5.60. The van der Waals surface area contributed by atoms with Gasteiger partial charge in [0.15, 0.2) is 0 Å². The fourth-order valence-electron chi connectivity index (χ4n) is 2.23. The Labute approximate surface area is 118 Å². The fraction of sp³-hybridized carbons (Fsp3) is 0.615. The molecule has 2 heterocycles. The summed E-state index contributed by atoms with van der Waals surface area (Å²) in [6.07, 6.45) is 0. The number of hydrogen-bond donors (Lipinski definition) is 2. The summed E-state index contributed by atoms with van der Waals surface area (Å²) in [5.41, 5.74) is 1.88. The first-order valence-corrected chi connectivity index (χ1v) is 6.79. The first kappa shape index (κ1) is 14.5. The van der Waals surface area contributed by atoms with Gasteiger partial charge in [-0.25, -0.2) is 0 Å². The van der Waals surface area contributed by atoms with Crippen LogP contribution in [0.25, 0.3) is 0 Å². The van der Waals surface area contributed by atoms with Crippen molar-refractivity contribution in [2.45, 2.75) is 46.7 Å². The van der Waals surface area contributed by atoms with E-state index in [1.807, 2.05) is 34.6 Å². The lowest BCUT2D eigenvalue weighted by Crippen LogP contribution is -2.17. The third-order valence-electron chi connectivity index (χ3n) is 3.18. The van der Waals surface area contributed by atoms with Crippen molar-refractivity contribution in [1.82, 2.24) is 20.7 Å². The number of nitrogens with zero attached hydrogens (tertiary/aromatic N) is 3. The molecule has 7 nitrogen and oxygen atoms in total. The second-order valence-corrected chi connectivity index (χ2v) is 4.83. The zero-order valence-electron chi connectivity index (χ0n) is 12.5. The standard InChI is InChI=1S/C13H21N5O2/c1-6-14-9(4)12-16-17-13(19-12)15-7(2)11-8(3)18-20-10(11)5/h7,9,14H,6H2,1-5H3,(H,15,17). The van der Waals surface area contributed by atoms with Crippen LogP contribution < -0.4 is 10.6 Å². The molecule has 0 aliphatic heterocycles. The predicted octanol–water partition coefficient (Wildman–Crippen LogP) is 2.52. The van der Waals surface area contributed by atoms with Crippen molar-refractivity contribution in [3.05, 3.63) is 22.9 Å². The Bertz CT molecular complexity index is 543. The van der Waals surface area contributed by atoms with E-state index in [2.05, 4.69) is 26.0 Å². The molecule has 0 bridgehead atoms. The monoisotopic (exact) mass is 279 g/mol. The molecule has 0 fully saturated rings. The molecule has 0 aromatic carbocycles. The predicted molar refractivity (Wildman–Crippen MR) is 74.4 cm³/mol. The van der Waals surface area contributed by atoms with Crippen molar-refractivity contribution < 1.29 is 8.94 Å². The number of hydrogen-bond acceptors (Lipinski definition) is 7. The molecule has 0 radical (unpaired) electrons. The van der Waals surface area contributed by atoms with E-state index in [1.54, 1.807) is 0 Å². The summed E-state index contributed by atoms with van der Waals surface area (Å²) >= 11 is 0. The SMILES string of the molecule is CCNC(C)c1nnc(NC(C)c2c(C)noc2C)o1. The number of nitrogens with one attached hydrogen (secondary N) is 2. The van der Waals surface area contributed by atoms with Crippen molar-refractivity contribution in [2.75, 3.05) is 11.9 Å². The van der Waals surface area contributed by atoms with E-state index in [0.717, 1.165) is 23.6 Å². The lowest BCUT2D eigenvalue weighted by Gasteiger charge is -2.11. The Hall–Kier alpha value is -1.89. The van der Waals surface area contributed by atoms with Crippen LogP contribution in [0, 0.1) is 13.8 Å². The fourth-order valence-corrected chi connectivity index (χ4v) is 2.23. The van der Waals surface area contributed by atoms with Gasteiger partial charge in [-0.3, -0.25) is 0 Å². The number of anilines is 1. The highest BCUT2D eigenvalue weighted by Crippen LogP contribution is 2.25. The van der Waals surface area contributed by atoms with Crippen LogP contribution in [-0.2, 0) is 0 Å². The summed E-state index contributed by atoms with van der Waals surface area (Å²) in [6, 6.07) is 0.429. The molecule has 0 saturated heterocycles. The first-order chi connectivity index (χ1) is 9.52. The van der Waals surface area contributed by atoms with Crippen molar-refractivity contribution in [3.8, 4) is 0 Å². The molecule has 2 unspecified atom stereocenters. The molecule has 2 aromatic rings. The van der Waals surface area contributed by atoms with Crippen LogP contribution in [0.15, 0.2) is 8.94 Å². The van der Waals surface area contributed by atoms with Crippen LogP contribution >= 0.6 is 0 Å². The van der Waals surface area contributed by atoms with E-state index < -0.39 is 0 Å². The second-order valence-electron chi connectivity index (χ2n) is 4.83. The van der Waals surface area contributed by atoms with Crippen LogP contribution in [0.2, 0.25) is 0 Å². The molecule has 2 N–H and O–H groups in total. The molecule has 0 saturated carbocycles. The third-order valence-corrected chi connectivity index (χ3v) is 3.18. The molecule has 2 atom stereocenters. The van der Waals surface area contributed by atoms with E-state index >= 15 is 0 Å². The highest BCUT2D eigenvalue weighted by atomic mass is 16.5. The third kappa shape index (κ3) is 2.98. The van der Waals surface area contributed by atoms with Crippen LogP contribution in [0.1, 0.15) is 55.8 Å². The Balaban J connectivity index is 2.07. The van der Waals surface area contributed by atoms with Gasteiger partial charge in [0.1, 0.15) is 5.76 Å². The maximum absolute atomic E-state index is 5.60. The highest BCUT2D eigenvalue weighted by Gasteiger charge is 2.19. The van der Waals surface area contributed by atoms with Crippen LogP contribution in [0.5, 0.6) is 0 Å². The first-order valence-electron chi connectivity index (χ1n) is 6.79. The summed E-state index contributed by atoms with van der Waals surface area (Å²) in [5, 5.41) is 18.4. The summed E-state index contributed by atoms with van der Waals surface area (Å²) in [6.45, 7) is 10.7. The van der Waals surface area contributed by atoms with Gasteiger partial charge in [0.2, 0.25) is 5.89 Å². The van der Waals surface area contributed by atoms with Gasteiger partial charge < -0.3 is 19.6 Å². The van der Waals surface area contributed by atoms with E-state index in [0.29, 0.717) is 11.9 Å². The van der Waals surface area contributed by atoms with Crippen LogP contribution in [-0.4, -0.2) is 21.9 Å². The minimum Gasteiger partial charge on any atom is -0.406 e. The number of aryl methyl sites for hydroxylation is 2. The van der Waals surface area contributed by atoms with Crippen molar-refractivity contribution in [2.24, 2.45) is 0 Å². The molecular weight excluding hydrogens is 258 g/mol. The Morgan fingerprint density at radius 3 is 2.50 bits per heavy atom. The molecule has 20 heavy (non-hydrogen) atoms. The lowest BCUT2D eigenvalue weighted by atomic mass is 10.1. The van der Waals surface area contributed by atoms with Gasteiger partial charge in [-0.1, -0.05) is 17.2 Å². The summed E-state index contributed by atoms with van der Waals surface area (Å²) < 4.78 is 10.8. The quantitative estimate of drug-likeness (QED) is 0.839. The lowest BCUT2D eigenvalue weighted by molar-refractivity contribution is 0.391. The number of aromatic nitrogens is 3. The van der Waals surface area contributed by atoms with Crippen LogP contribution in [0.3, 0.4) is 0 Å². The molecular formula is C13H21N5O2. The number of rotatable bonds is 6. The average molecular weight is 279 g/mol. The van der Waals surface area contributed by atoms with Gasteiger partial charge in [-0.2, -0.15) is 0 Å². The zero-order valence-corrected chi connectivity index (χ0v) is 12.5. The van der Waals surface area contributed by atoms with Crippen LogP contribution in [0.4, 0.5) is 6.01 Å². The van der Waals surface area contributed by atoms with E-state index in [-0.39, 0.29) is 12.1 Å². The van der Waals surface area contributed by atoms with Gasteiger partial charge in [0.25, 0.3) is 0 Å². The Morgan fingerprint density at radius 2 is 1.90 bits per heavy atom. The van der Waals surface area contributed by atoms with Gasteiger partial charge in [-0.05, 0) is 34.2 Å². The minimum atomic E-state index is -0.0102. The zero-order chi connectivity index (χ0) is 14.7. The molecule has 7 heteroatoms. The summed E-state index contributed by atoms with van der Waals surface area (Å²) in [7, 11) is 0. The van der Waals surface area contributed by atoms with Crippen molar-refractivity contribution in [3.63, 3.8) is 0 Å². The molecule has 2 rings (SSSR count). The highest BCUT2D eigenvalue weighted by molar-refractivity contribution is 5.32. The smallest absolute Gasteiger partial charge is 0.316 e. The topological polar surface area (TPSA) is 89.0 Å². The van der Waals surface area contributed by atoms with Crippen molar-refractivity contribution in [1.29, 1.82) is 0 Å². The molecule has 0 aliphatic carbocycles. The van der Waals surface area contributed by atoms with Gasteiger partial charge in [-0.15, -0.1) is 5.10 Å². The Morgan fingerprint density at radius 1 is 1.15 bits per heavy atom. The largest absolute Gasteiger partial charge is 0.406 e. The van der Waals surface area contributed by atoms with E-state index in [9.17, 15) is 0 Å². The maximum Gasteiger partial charge on any atom is 0.316 e. The molecule has 0 aliphatic rings. The normalized spacial score (nSPS) is 14.2. The molecule has 110 valence electrons. The molecule has 0 spiro atoms. The second kappa shape index (κ2) is 6.04. The summed E-state index contributed by atoms with van der Waals surface area (Å²) in [5.74, 6) is 1.36. The molecule has 0 amide bonds. The summed E-state index contributed by atoms with van der Waals surface area (Å²) in [4.78, 5) is 0. The van der Waals surface area contributed by atoms with Gasteiger partial charge in [0.05, 0.1) is 17.8 Å². The van der Waals surface area contributed by atoms with E-state index in [4.69, 9.17) is 8.94 Å². The molecule has 2 aromatic heterocycles. The minimum absolute atomic E-state index is 0.0102. The van der Waals surface area contributed by atoms with E-state index in [1.165, 1.54) is 0 Å². The van der Waals surface area contributed by atoms with Gasteiger partial charge >= 0.3 is 6.01 Å². The van der Waals surface area contributed by atoms with Crippen molar-refractivity contribution >= 4 is 6.01 Å². The average Bonchev–Trinajstić information content (AvgIpc) is 2.97. The van der Waals surface area contributed by atoms with Gasteiger partial charge in [0, 0.05) is 5.56 Å². The Kier molecular flexibility index (Phi) is 4.39.